The van der Waals surface area contributed by atoms with Gasteiger partial charge in [0.2, 0.25) is 0 Å². The minimum Gasteiger partial charge on any atom is -0.377 e. The van der Waals surface area contributed by atoms with Gasteiger partial charge < -0.3 is 14.8 Å². The summed E-state index contributed by atoms with van der Waals surface area (Å²) < 4.78 is 10.6. The molecule has 0 aliphatic carbocycles. The molecule has 0 bridgehead atoms. The predicted octanol–water partition coefficient (Wildman–Crippen LogP) is 1.33. The molecule has 20 heavy (non-hydrogen) atoms. The van der Waals surface area contributed by atoms with E-state index in [9.17, 15) is 20.2 Å². The van der Waals surface area contributed by atoms with Crippen molar-refractivity contribution in [3.63, 3.8) is 0 Å². The summed E-state index contributed by atoms with van der Waals surface area (Å²) in [5, 5.41) is 24.4. The first kappa shape index (κ1) is 14.2. The van der Waals surface area contributed by atoms with Crippen LogP contribution in [0.1, 0.15) is 0 Å². The van der Waals surface area contributed by atoms with Crippen LogP contribution in [0.25, 0.3) is 0 Å². The number of anilines is 1. The Morgan fingerprint density at radius 2 is 2.05 bits per heavy atom. The van der Waals surface area contributed by atoms with E-state index in [1.165, 1.54) is 12.1 Å². The second-order valence-electron chi connectivity index (χ2n) is 4.16. The molecular formula is C11H13N3O6. The Hall–Kier alpha value is -2.26. The van der Waals surface area contributed by atoms with Crippen LogP contribution in [0.3, 0.4) is 0 Å². The highest BCUT2D eigenvalue weighted by atomic mass is 16.6. The summed E-state index contributed by atoms with van der Waals surface area (Å²) in [5.41, 5.74) is -0.440. The molecule has 0 saturated carbocycles. The molecule has 1 fully saturated rings. The van der Waals surface area contributed by atoms with E-state index in [0.29, 0.717) is 26.4 Å². The van der Waals surface area contributed by atoms with Gasteiger partial charge in [0.05, 0.1) is 41.8 Å². The summed E-state index contributed by atoms with van der Waals surface area (Å²) >= 11 is 0. The smallest absolute Gasteiger partial charge is 0.299 e. The van der Waals surface area contributed by atoms with E-state index in [1.54, 1.807) is 0 Å². The summed E-state index contributed by atoms with van der Waals surface area (Å²) in [6, 6.07) is 3.47. The highest BCUT2D eigenvalue weighted by Gasteiger charge is 2.21. The van der Waals surface area contributed by atoms with Crippen molar-refractivity contribution >= 4 is 17.1 Å². The van der Waals surface area contributed by atoms with Gasteiger partial charge in [-0.05, 0) is 6.07 Å². The predicted molar refractivity (Wildman–Crippen MR) is 68.8 cm³/mol. The van der Waals surface area contributed by atoms with Gasteiger partial charge in [-0.3, -0.25) is 20.2 Å². The topological polar surface area (TPSA) is 117 Å². The number of nitrogens with zero attached hydrogens (tertiary/aromatic N) is 2. The minimum absolute atomic E-state index is 0.196. The third kappa shape index (κ3) is 3.39. The van der Waals surface area contributed by atoms with Gasteiger partial charge >= 0.3 is 0 Å². The molecule has 1 aromatic carbocycles. The summed E-state index contributed by atoms with van der Waals surface area (Å²) in [7, 11) is 0. The van der Waals surface area contributed by atoms with Crippen molar-refractivity contribution in [1.29, 1.82) is 0 Å². The summed E-state index contributed by atoms with van der Waals surface area (Å²) in [4.78, 5) is 20.2. The van der Waals surface area contributed by atoms with Crippen LogP contribution >= 0.6 is 0 Å². The van der Waals surface area contributed by atoms with E-state index < -0.39 is 9.85 Å². The largest absolute Gasteiger partial charge is 0.377 e. The number of hydrogen-bond donors (Lipinski definition) is 1. The van der Waals surface area contributed by atoms with Crippen LogP contribution < -0.4 is 5.32 Å². The minimum atomic E-state index is -0.672. The normalized spacial score (nSPS) is 18.5. The molecule has 0 radical (unpaired) electrons. The highest BCUT2D eigenvalue weighted by molar-refractivity contribution is 5.65. The SMILES string of the molecule is O=[N+]([O-])c1ccc(NCC2COCCO2)c([N+](=O)[O-])c1. The fourth-order valence-corrected chi connectivity index (χ4v) is 1.81. The highest BCUT2D eigenvalue weighted by Crippen LogP contribution is 2.28. The van der Waals surface area contributed by atoms with Crippen LogP contribution in [0.15, 0.2) is 18.2 Å². The molecule has 1 unspecified atom stereocenters. The monoisotopic (exact) mass is 283 g/mol. The van der Waals surface area contributed by atoms with Crippen LogP contribution in [0, 0.1) is 20.2 Å². The number of nitro benzene ring substituents is 2. The first-order valence-electron chi connectivity index (χ1n) is 5.94. The fourth-order valence-electron chi connectivity index (χ4n) is 1.81. The van der Waals surface area contributed by atoms with Gasteiger partial charge in [-0.1, -0.05) is 0 Å². The van der Waals surface area contributed by atoms with Gasteiger partial charge in [0.15, 0.2) is 0 Å². The number of hydrogen-bond acceptors (Lipinski definition) is 7. The Balaban J connectivity index is 2.09. The van der Waals surface area contributed by atoms with Crippen molar-refractivity contribution < 1.29 is 19.3 Å². The molecule has 1 atom stereocenters. The maximum Gasteiger partial charge on any atom is 0.299 e. The van der Waals surface area contributed by atoms with Crippen LogP contribution in [0.2, 0.25) is 0 Å². The van der Waals surface area contributed by atoms with Gasteiger partial charge in [-0.25, -0.2) is 0 Å². The summed E-state index contributed by atoms with van der Waals surface area (Å²) in [6.07, 6.45) is -0.196. The zero-order valence-corrected chi connectivity index (χ0v) is 10.5. The van der Waals surface area contributed by atoms with E-state index in [0.717, 1.165) is 6.07 Å². The molecular weight excluding hydrogens is 270 g/mol. The lowest BCUT2D eigenvalue weighted by atomic mass is 10.2. The zero-order chi connectivity index (χ0) is 14.5. The molecule has 1 saturated heterocycles. The van der Waals surface area contributed by atoms with Crippen molar-refractivity contribution in [1.82, 2.24) is 0 Å². The summed E-state index contributed by atoms with van der Waals surface area (Å²) in [5.74, 6) is 0. The third-order valence-electron chi connectivity index (χ3n) is 2.79. The van der Waals surface area contributed by atoms with Gasteiger partial charge in [0.1, 0.15) is 5.69 Å². The number of nitrogens with one attached hydrogen (secondary N) is 1. The molecule has 1 aromatic rings. The van der Waals surface area contributed by atoms with Crippen LogP contribution in [-0.4, -0.2) is 42.3 Å². The lowest BCUT2D eigenvalue weighted by Crippen LogP contribution is -2.34. The quantitative estimate of drug-likeness (QED) is 0.639. The summed E-state index contributed by atoms with van der Waals surface area (Å²) in [6.45, 7) is 1.76. The van der Waals surface area contributed by atoms with Crippen molar-refractivity contribution in [2.45, 2.75) is 6.10 Å². The van der Waals surface area contributed by atoms with Gasteiger partial charge in [0, 0.05) is 12.6 Å². The van der Waals surface area contributed by atoms with Crippen LogP contribution in [-0.2, 0) is 9.47 Å². The number of rotatable bonds is 5. The molecule has 1 aliphatic rings. The van der Waals surface area contributed by atoms with Crippen molar-refractivity contribution in [3.05, 3.63) is 38.4 Å². The molecule has 0 amide bonds. The standard InChI is InChI=1S/C11H13N3O6/c15-13(16)8-1-2-10(11(5-8)14(17)18)12-6-9-7-19-3-4-20-9/h1-2,5,9,12H,3-4,6-7H2. The number of non-ortho nitro benzene ring substituents is 1. The second kappa shape index (κ2) is 6.26. The Bertz CT molecular complexity index is 515. The average molecular weight is 283 g/mol. The lowest BCUT2D eigenvalue weighted by Gasteiger charge is -2.23. The van der Waals surface area contributed by atoms with E-state index in [2.05, 4.69) is 5.32 Å². The van der Waals surface area contributed by atoms with E-state index in [-0.39, 0.29) is 23.2 Å². The Labute approximate surface area is 113 Å². The van der Waals surface area contributed by atoms with Crippen molar-refractivity contribution in [3.8, 4) is 0 Å². The maximum atomic E-state index is 10.9. The molecule has 1 aliphatic heterocycles. The molecule has 0 aromatic heterocycles. The third-order valence-corrected chi connectivity index (χ3v) is 2.79. The Morgan fingerprint density at radius 3 is 2.65 bits per heavy atom. The number of nitro groups is 2. The number of benzene rings is 1. The van der Waals surface area contributed by atoms with Gasteiger partial charge in [0.25, 0.3) is 11.4 Å². The Kier molecular flexibility index (Phi) is 4.43. The average Bonchev–Trinajstić information content (AvgIpc) is 2.45. The maximum absolute atomic E-state index is 10.9. The molecule has 108 valence electrons. The second-order valence-corrected chi connectivity index (χ2v) is 4.16. The molecule has 9 heteroatoms. The van der Waals surface area contributed by atoms with E-state index >= 15 is 0 Å². The molecule has 0 spiro atoms. The molecule has 1 heterocycles. The molecule has 2 rings (SSSR count). The van der Waals surface area contributed by atoms with E-state index in [4.69, 9.17) is 9.47 Å². The lowest BCUT2D eigenvalue weighted by molar-refractivity contribution is -0.393. The van der Waals surface area contributed by atoms with E-state index in [1.807, 2.05) is 0 Å². The van der Waals surface area contributed by atoms with Crippen LogP contribution in [0.5, 0.6) is 0 Å². The van der Waals surface area contributed by atoms with Crippen LogP contribution in [0.4, 0.5) is 17.1 Å². The number of ether oxygens (including phenoxy) is 2. The zero-order valence-electron chi connectivity index (χ0n) is 10.5. The van der Waals surface area contributed by atoms with Gasteiger partial charge in [-0.15, -0.1) is 0 Å². The molecule has 1 N–H and O–H groups in total. The fraction of sp³-hybridized carbons (Fsp3) is 0.455. The first-order chi connectivity index (χ1) is 9.58. The first-order valence-corrected chi connectivity index (χ1v) is 5.94. The molecule has 9 nitrogen and oxygen atoms in total. The van der Waals surface area contributed by atoms with Crippen molar-refractivity contribution in [2.24, 2.45) is 0 Å². The van der Waals surface area contributed by atoms with Crippen molar-refractivity contribution in [2.75, 3.05) is 31.7 Å². The Morgan fingerprint density at radius 1 is 1.25 bits per heavy atom. The van der Waals surface area contributed by atoms with Gasteiger partial charge in [-0.2, -0.15) is 0 Å².